The van der Waals surface area contributed by atoms with Crippen molar-refractivity contribution in [2.45, 2.75) is 25.4 Å². The molecule has 36 heavy (non-hydrogen) atoms. The van der Waals surface area contributed by atoms with Crippen molar-refractivity contribution in [3.8, 4) is 11.3 Å². The number of imidazole rings is 1. The first-order valence-corrected chi connectivity index (χ1v) is 12.1. The van der Waals surface area contributed by atoms with Gasteiger partial charge in [-0.25, -0.2) is 19.0 Å². The fourth-order valence-corrected chi connectivity index (χ4v) is 4.93. The molecule has 1 fully saturated rings. The Bertz CT molecular complexity index is 1500. The van der Waals surface area contributed by atoms with Gasteiger partial charge in [0.15, 0.2) is 5.65 Å². The molecule has 5 aromatic rings. The SMILES string of the molecule is O=C(c1cc(-c2ccccc2)nc2c1cnn2Cc1cccc(F)c1)N1CCC(n2ccnc2)CC1. The monoisotopic (exact) mass is 480 g/mol. The molecule has 0 unspecified atom stereocenters. The van der Waals surface area contributed by atoms with Gasteiger partial charge in [0.1, 0.15) is 5.82 Å². The molecular weight excluding hydrogens is 455 g/mol. The summed E-state index contributed by atoms with van der Waals surface area (Å²) < 4.78 is 17.6. The quantitative estimate of drug-likeness (QED) is 0.357. The van der Waals surface area contributed by atoms with Crippen molar-refractivity contribution in [1.82, 2.24) is 29.2 Å². The molecule has 0 bridgehead atoms. The Morgan fingerprint density at radius 2 is 1.86 bits per heavy atom. The van der Waals surface area contributed by atoms with Crippen molar-refractivity contribution in [2.75, 3.05) is 13.1 Å². The largest absolute Gasteiger partial charge is 0.338 e. The van der Waals surface area contributed by atoms with Crippen molar-refractivity contribution in [3.63, 3.8) is 0 Å². The number of hydrogen-bond donors (Lipinski definition) is 0. The number of pyridine rings is 1. The van der Waals surface area contributed by atoms with Gasteiger partial charge < -0.3 is 9.47 Å². The van der Waals surface area contributed by atoms with Crippen LogP contribution in [0.2, 0.25) is 0 Å². The molecule has 0 aliphatic carbocycles. The Kier molecular flexibility index (Phi) is 5.77. The third-order valence-corrected chi connectivity index (χ3v) is 6.83. The van der Waals surface area contributed by atoms with E-state index < -0.39 is 0 Å². The number of amides is 1. The van der Waals surface area contributed by atoms with Gasteiger partial charge in [0.05, 0.1) is 35.7 Å². The molecule has 1 saturated heterocycles. The van der Waals surface area contributed by atoms with Crippen LogP contribution in [0.3, 0.4) is 0 Å². The molecule has 4 heterocycles. The Labute approximate surface area is 207 Å². The van der Waals surface area contributed by atoms with Crippen LogP contribution in [-0.4, -0.2) is 48.2 Å². The lowest BCUT2D eigenvalue weighted by atomic mass is 10.0. The van der Waals surface area contributed by atoms with Crippen LogP contribution in [0.1, 0.15) is 34.8 Å². The lowest BCUT2D eigenvalue weighted by molar-refractivity contribution is 0.0696. The maximum absolute atomic E-state index is 13.8. The van der Waals surface area contributed by atoms with Crippen LogP contribution in [-0.2, 0) is 6.54 Å². The highest BCUT2D eigenvalue weighted by molar-refractivity contribution is 6.06. The van der Waals surface area contributed by atoms with E-state index in [0.29, 0.717) is 48.0 Å². The third kappa shape index (κ3) is 4.26. The standard InChI is InChI=1S/C28H25FN6O/c29-22-8-4-5-20(15-22)18-35-27-25(17-31-35)24(16-26(32-27)21-6-2-1-3-7-21)28(36)33-12-9-23(10-13-33)34-14-11-30-19-34/h1-8,11,14-17,19,23H,9-10,12-13,18H2. The van der Waals surface area contributed by atoms with Crippen LogP contribution in [0.25, 0.3) is 22.3 Å². The van der Waals surface area contributed by atoms with E-state index in [4.69, 9.17) is 4.98 Å². The van der Waals surface area contributed by atoms with Crippen molar-refractivity contribution >= 4 is 16.9 Å². The lowest BCUT2D eigenvalue weighted by Crippen LogP contribution is -2.39. The number of carbonyl (C=O) groups is 1. The number of fused-ring (bicyclic) bond motifs is 1. The van der Waals surface area contributed by atoms with Crippen LogP contribution in [0.5, 0.6) is 0 Å². The van der Waals surface area contributed by atoms with Crippen molar-refractivity contribution in [2.24, 2.45) is 0 Å². The smallest absolute Gasteiger partial charge is 0.254 e. The Hall–Kier alpha value is -4.33. The van der Waals surface area contributed by atoms with Crippen LogP contribution >= 0.6 is 0 Å². The third-order valence-electron chi connectivity index (χ3n) is 6.83. The van der Waals surface area contributed by atoms with Gasteiger partial charge in [-0.1, -0.05) is 42.5 Å². The molecule has 180 valence electrons. The summed E-state index contributed by atoms with van der Waals surface area (Å²) in [6, 6.07) is 18.5. The van der Waals surface area contributed by atoms with Crippen LogP contribution in [0.4, 0.5) is 4.39 Å². The van der Waals surface area contributed by atoms with E-state index in [1.165, 1.54) is 12.1 Å². The predicted octanol–water partition coefficient (Wildman–Crippen LogP) is 4.96. The lowest BCUT2D eigenvalue weighted by Gasteiger charge is -2.32. The molecular formula is C28H25FN6O. The average Bonchev–Trinajstić information content (AvgIpc) is 3.59. The van der Waals surface area contributed by atoms with Crippen LogP contribution in [0, 0.1) is 5.82 Å². The van der Waals surface area contributed by atoms with Gasteiger partial charge in [-0.3, -0.25) is 4.79 Å². The van der Waals surface area contributed by atoms with Gasteiger partial charge in [-0.2, -0.15) is 5.10 Å². The zero-order valence-corrected chi connectivity index (χ0v) is 19.7. The average molecular weight is 481 g/mol. The first-order valence-electron chi connectivity index (χ1n) is 12.1. The molecule has 0 N–H and O–H groups in total. The molecule has 1 aliphatic heterocycles. The number of aromatic nitrogens is 5. The number of halogens is 1. The molecule has 8 heteroatoms. The Balaban J connectivity index is 1.36. The molecule has 2 aromatic carbocycles. The van der Waals surface area contributed by atoms with Crippen LogP contribution < -0.4 is 0 Å². The van der Waals surface area contributed by atoms with E-state index in [9.17, 15) is 9.18 Å². The Morgan fingerprint density at radius 1 is 1.03 bits per heavy atom. The fraction of sp³-hybridized carbons (Fsp3) is 0.214. The predicted molar refractivity (Wildman–Crippen MR) is 135 cm³/mol. The molecule has 0 atom stereocenters. The zero-order valence-electron chi connectivity index (χ0n) is 19.7. The minimum atomic E-state index is -0.295. The maximum Gasteiger partial charge on any atom is 0.254 e. The zero-order chi connectivity index (χ0) is 24.5. The van der Waals surface area contributed by atoms with Gasteiger partial charge in [-0.15, -0.1) is 0 Å². The molecule has 3 aromatic heterocycles. The van der Waals surface area contributed by atoms with E-state index in [1.54, 1.807) is 23.1 Å². The maximum atomic E-state index is 13.8. The number of piperidine rings is 1. The second-order valence-electron chi connectivity index (χ2n) is 9.12. The number of benzene rings is 2. The van der Waals surface area contributed by atoms with E-state index in [1.807, 2.05) is 59.9 Å². The molecule has 0 radical (unpaired) electrons. The summed E-state index contributed by atoms with van der Waals surface area (Å²) in [4.78, 5) is 24.8. The number of nitrogens with zero attached hydrogens (tertiary/aromatic N) is 6. The second kappa shape index (κ2) is 9.37. The van der Waals surface area contributed by atoms with Gasteiger partial charge >= 0.3 is 0 Å². The first kappa shape index (κ1) is 22.2. The fourth-order valence-electron chi connectivity index (χ4n) is 4.93. The summed E-state index contributed by atoms with van der Waals surface area (Å²) >= 11 is 0. The van der Waals surface area contributed by atoms with Gasteiger partial charge in [0.2, 0.25) is 0 Å². The number of carbonyl (C=O) groups excluding carboxylic acids is 1. The molecule has 1 aliphatic rings. The summed E-state index contributed by atoms with van der Waals surface area (Å²) in [5.74, 6) is -0.314. The van der Waals surface area contributed by atoms with Gasteiger partial charge in [0.25, 0.3) is 5.91 Å². The summed E-state index contributed by atoms with van der Waals surface area (Å²) in [6.07, 6.45) is 9.06. The van der Waals surface area contributed by atoms with E-state index in [-0.39, 0.29) is 11.7 Å². The minimum absolute atomic E-state index is 0.0195. The first-order chi connectivity index (χ1) is 17.7. The topological polar surface area (TPSA) is 68.8 Å². The number of likely N-dealkylation sites (tertiary alicyclic amines) is 1. The van der Waals surface area contributed by atoms with Gasteiger partial charge in [0, 0.05) is 37.1 Å². The van der Waals surface area contributed by atoms with Crippen molar-refractivity contribution < 1.29 is 9.18 Å². The minimum Gasteiger partial charge on any atom is -0.338 e. The van der Waals surface area contributed by atoms with Crippen LogP contribution in [0.15, 0.2) is 85.6 Å². The van der Waals surface area contributed by atoms with Crippen molar-refractivity contribution in [1.29, 1.82) is 0 Å². The second-order valence-corrected chi connectivity index (χ2v) is 9.12. The van der Waals surface area contributed by atoms with E-state index in [2.05, 4.69) is 14.6 Å². The normalized spacial score (nSPS) is 14.4. The van der Waals surface area contributed by atoms with Crippen molar-refractivity contribution in [3.05, 3.63) is 103 Å². The summed E-state index contributed by atoms with van der Waals surface area (Å²) in [7, 11) is 0. The highest BCUT2D eigenvalue weighted by Gasteiger charge is 2.27. The van der Waals surface area contributed by atoms with Gasteiger partial charge in [-0.05, 0) is 36.6 Å². The Morgan fingerprint density at radius 3 is 2.61 bits per heavy atom. The summed E-state index contributed by atoms with van der Waals surface area (Å²) in [5, 5.41) is 5.24. The number of rotatable bonds is 5. The molecule has 0 spiro atoms. The molecule has 7 nitrogen and oxygen atoms in total. The highest BCUT2D eigenvalue weighted by Crippen LogP contribution is 2.29. The van der Waals surface area contributed by atoms with E-state index >= 15 is 0 Å². The summed E-state index contributed by atoms with van der Waals surface area (Å²) in [5.41, 5.74) is 3.61. The summed E-state index contributed by atoms with van der Waals surface area (Å²) in [6.45, 7) is 1.70. The number of hydrogen-bond acceptors (Lipinski definition) is 4. The van der Waals surface area contributed by atoms with E-state index in [0.717, 1.165) is 24.0 Å². The highest BCUT2D eigenvalue weighted by atomic mass is 19.1. The molecule has 1 amide bonds. The molecule has 6 rings (SSSR count). The molecule has 0 saturated carbocycles.